The van der Waals surface area contributed by atoms with Gasteiger partial charge in [-0.1, -0.05) is 30.3 Å². The van der Waals surface area contributed by atoms with Gasteiger partial charge in [0.05, 0.1) is 31.4 Å². The van der Waals surface area contributed by atoms with Crippen LogP contribution in [0.4, 0.5) is 11.6 Å². The zero-order valence-corrected chi connectivity index (χ0v) is 20.2. The van der Waals surface area contributed by atoms with E-state index < -0.39 is 6.29 Å². The predicted molar refractivity (Wildman–Crippen MR) is 139 cm³/mol. The summed E-state index contributed by atoms with van der Waals surface area (Å²) in [5.74, 6) is 3.20. The molecule has 2 aromatic heterocycles. The number of furan rings is 1. The average molecular weight is 496 g/mol. The second kappa shape index (κ2) is 10.3. The highest BCUT2D eigenvalue weighted by molar-refractivity contribution is 5.87. The fourth-order valence-corrected chi connectivity index (χ4v) is 4.13. The van der Waals surface area contributed by atoms with E-state index in [0.29, 0.717) is 43.0 Å². The van der Waals surface area contributed by atoms with Crippen LogP contribution in [-0.4, -0.2) is 30.3 Å². The van der Waals surface area contributed by atoms with Crippen LogP contribution in [0, 0.1) is 0 Å². The highest BCUT2D eigenvalue weighted by Gasteiger charge is 2.23. The maximum absolute atomic E-state index is 6.01. The number of hydrogen-bond acceptors (Lipinski definition) is 8. The van der Waals surface area contributed by atoms with Gasteiger partial charge >= 0.3 is 0 Å². The summed E-state index contributed by atoms with van der Waals surface area (Å²) < 4.78 is 28.6. The van der Waals surface area contributed by atoms with Gasteiger partial charge in [0.15, 0.2) is 5.76 Å². The summed E-state index contributed by atoms with van der Waals surface area (Å²) in [5, 5.41) is 4.11. The first-order valence-electron chi connectivity index (χ1n) is 12.0. The Morgan fingerprint density at radius 2 is 1.76 bits per heavy atom. The maximum atomic E-state index is 6.01. The molecule has 1 N–H and O–H groups in total. The van der Waals surface area contributed by atoms with Gasteiger partial charge in [0.1, 0.15) is 23.9 Å². The molecule has 37 heavy (non-hydrogen) atoms. The maximum Gasteiger partial charge on any atom is 0.227 e. The fourth-order valence-electron chi connectivity index (χ4n) is 4.13. The molecule has 3 aromatic carbocycles. The first kappa shape index (κ1) is 23.0. The highest BCUT2D eigenvalue weighted by Crippen LogP contribution is 2.37. The smallest absolute Gasteiger partial charge is 0.227 e. The molecule has 0 saturated carbocycles. The van der Waals surface area contributed by atoms with Gasteiger partial charge in [0.25, 0.3) is 0 Å². The second-order valence-electron chi connectivity index (χ2n) is 8.50. The second-order valence-corrected chi connectivity index (χ2v) is 8.50. The monoisotopic (exact) mass is 495 g/mol. The van der Waals surface area contributed by atoms with Crippen LogP contribution < -0.4 is 14.8 Å². The van der Waals surface area contributed by atoms with Crippen LogP contribution in [0.15, 0.2) is 89.5 Å². The number of nitrogens with zero attached hydrogens (tertiary/aromatic N) is 2. The molecule has 8 heteroatoms. The molecule has 0 atom stereocenters. The fraction of sp³-hybridized carbons (Fsp3) is 0.172. The number of benzene rings is 3. The van der Waals surface area contributed by atoms with E-state index >= 15 is 0 Å². The number of aromatic nitrogens is 2. The van der Waals surface area contributed by atoms with Crippen LogP contribution >= 0.6 is 0 Å². The van der Waals surface area contributed by atoms with Crippen LogP contribution in [-0.2, 0) is 16.1 Å². The Morgan fingerprint density at radius 1 is 0.946 bits per heavy atom. The van der Waals surface area contributed by atoms with Crippen molar-refractivity contribution in [3.8, 4) is 22.8 Å². The lowest BCUT2D eigenvalue weighted by atomic mass is 10.1. The lowest BCUT2D eigenvalue weighted by Crippen LogP contribution is -1.99. The van der Waals surface area contributed by atoms with E-state index in [0.717, 1.165) is 33.5 Å². The summed E-state index contributed by atoms with van der Waals surface area (Å²) in [7, 11) is 1.62. The van der Waals surface area contributed by atoms with Gasteiger partial charge in [-0.05, 0) is 48.0 Å². The molecule has 0 amide bonds. The Hall–Kier alpha value is -4.40. The summed E-state index contributed by atoms with van der Waals surface area (Å²) in [5.41, 5.74) is 3.52. The Kier molecular flexibility index (Phi) is 6.41. The van der Waals surface area contributed by atoms with Crippen molar-refractivity contribution >= 4 is 22.5 Å². The van der Waals surface area contributed by atoms with Crippen molar-refractivity contribution in [1.82, 2.24) is 9.97 Å². The number of ether oxygens (including phenoxy) is 4. The number of fused-ring (bicyclic) bond motifs is 1. The summed E-state index contributed by atoms with van der Waals surface area (Å²) in [4.78, 5) is 9.17. The van der Waals surface area contributed by atoms with Crippen LogP contribution in [0.5, 0.6) is 11.5 Å². The summed E-state index contributed by atoms with van der Waals surface area (Å²) in [6.45, 7) is 1.63. The molecule has 5 aromatic rings. The van der Waals surface area contributed by atoms with Crippen molar-refractivity contribution in [3.63, 3.8) is 0 Å². The van der Waals surface area contributed by atoms with Gasteiger partial charge in [-0.15, -0.1) is 0 Å². The molecule has 0 aliphatic carbocycles. The van der Waals surface area contributed by atoms with E-state index in [1.807, 2.05) is 78.9 Å². The number of anilines is 2. The van der Waals surface area contributed by atoms with Crippen molar-refractivity contribution in [2.45, 2.75) is 12.9 Å². The van der Waals surface area contributed by atoms with E-state index in [1.165, 1.54) is 0 Å². The Bertz CT molecular complexity index is 1500. The van der Waals surface area contributed by atoms with E-state index in [1.54, 1.807) is 13.3 Å². The van der Waals surface area contributed by atoms with Crippen LogP contribution in [0.2, 0.25) is 0 Å². The molecular formula is C29H25N3O5. The molecule has 0 spiro atoms. The quantitative estimate of drug-likeness (QED) is 0.270. The topological polar surface area (TPSA) is 87.9 Å². The number of hydrogen-bond donors (Lipinski definition) is 1. The normalized spacial score (nSPS) is 13.6. The molecule has 0 unspecified atom stereocenters. The minimum atomic E-state index is -0.471. The lowest BCUT2D eigenvalue weighted by molar-refractivity contribution is -0.0585. The van der Waals surface area contributed by atoms with Crippen molar-refractivity contribution < 1.29 is 23.4 Å². The number of methoxy groups -OCH3 is 1. The standard InChI is InChI=1S/C29H25N3O5/c1-33-27-16-24-20(15-23(27)25-11-12-26(37-25)28-34-13-14-35-28)17-30-29(32-24)31-21-7-9-22(10-8-21)36-18-19-5-3-2-4-6-19/h2-12,15-17,28H,13-14,18H2,1H3,(H,30,31,32). The molecule has 1 aliphatic heterocycles. The zero-order chi connectivity index (χ0) is 25.0. The third-order valence-corrected chi connectivity index (χ3v) is 6.01. The van der Waals surface area contributed by atoms with Gasteiger partial charge in [-0.3, -0.25) is 0 Å². The third-order valence-electron chi connectivity index (χ3n) is 6.01. The number of nitrogens with one attached hydrogen (secondary N) is 1. The van der Waals surface area contributed by atoms with Crippen LogP contribution in [0.3, 0.4) is 0 Å². The first-order valence-corrected chi connectivity index (χ1v) is 12.0. The molecular weight excluding hydrogens is 470 g/mol. The molecule has 0 bridgehead atoms. The lowest BCUT2D eigenvalue weighted by Gasteiger charge is -2.11. The molecule has 8 nitrogen and oxygen atoms in total. The third kappa shape index (κ3) is 5.11. The molecule has 6 rings (SSSR count). The molecule has 1 saturated heterocycles. The predicted octanol–water partition coefficient (Wildman–Crippen LogP) is 6.27. The van der Waals surface area contributed by atoms with Gasteiger partial charge < -0.3 is 28.7 Å². The Balaban J connectivity index is 1.18. The minimum Gasteiger partial charge on any atom is -0.496 e. The minimum absolute atomic E-state index is 0.471. The van der Waals surface area contributed by atoms with Gasteiger partial charge in [0.2, 0.25) is 12.2 Å². The van der Waals surface area contributed by atoms with Gasteiger partial charge in [0, 0.05) is 23.3 Å². The Morgan fingerprint density at radius 3 is 2.54 bits per heavy atom. The summed E-state index contributed by atoms with van der Waals surface area (Å²) >= 11 is 0. The van der Waals surface area contributed by atoms with Crippen molar-refractivity contribution in [1.29, 1.82) is 0 Å². The van der Waals surface area contributed by atoms with Gasteiger partial charge in [-0.25, -0.2) is 9.97 Å². The first-order chi connectivity index (χ1) is 18.2. The van der Waals surface area contributed by atoms with Crippen molar-refractivity contribution in [2.75, 3.05) is 25.6 Å². The van der Waals surface area contributed by atoms with Crippen molar-refractivity contribution in [2.24, 2.45) is 0 Å². The van der Waals surface area contributed by atoms with Crippen LogP contribution in [0.25, 0.3) is 22.2 Å². The SMILES string of the molecule is COc1cc2nc(Nc3ccc(OCc4ccccc4)cc3)ncc2cc1-c1ccc(C2OCCO2)o1. The molecule has 186 valence electrons. The average Bonchev–Trinajstić information content (AvgIpc) is 3.65. The molecule has 3 heterocycles. The molecule has 0 radical (unpaired) electrons. The summed E-state index contributed by atoms with van der Waals surface area (Å²) in [6.07, 6.45) is 1.31. The largest absolute Gasteiger partial charge is 0.496 e. The van der Waals surface area contributed by atoms with E-state index in [2.05, 4.69) is 15.3 Å². The van der Waals surface area contributed by atoms with E-state index in [-0.39, 0.29) is 0 Å². The molecule has 1 aliphatic rings. The molecule has 1 fully saturated rings. The van der Waals surface area contributed by atoms with Gasteiger partial charge in [-0.2, -0.15) is 0 Å². The summed E-state index contributed by atoms with van der Waals surface area (Å²) in [6, 6.07) is 25.3. The number of rotatable bonds is 8. The van der Waals surface area contributed by atoms with Crippen molar-refractivity contribution in [3.05, 3.63) is 96.4 Å². The van der Waals surface area contributed by atoms with Crippen LogP contribution in [0.1, 0.15) is 17.6 Å². The highest BCUT2D eigenvalue weighted by atomic mass is 16.7. The van der Waals surface area contributed by atoms with E-state index in [9.17, 15) is 0 Å². The van der Waals surface area contributed by atoms with E-state index in [4.69, 9.17) is 23.4 Å². The zero-order valence-electron chi connectivity index (χ0n) is 20.2. The Labute approximate surface area is 213 Å².